The number of hydrogen-bond acceptors (Lipinski definition) is 14. The van der Waals surface area contributed by atoms with E-state index in [1.54, 1.807) is 13.2 Å². The molecule has 1 aromatic carbocycles. The summed E-state index contributed by atoms with van der Waals surface area (Å²) < 4.78 is 62.2. The maximum Gasteiger partial charge on any atom is 0.165 e. The van der Waals surface area contributed by atoms with Crippen LogP contribution in [-0.2, 0) is 59.2 Å². The molecule has 308 valence electrons. The fourth-order valence-electron chi connectivity index (χ4n) is 9.02. The van der Waals surface area contributed by atoms with Crippen LogP contribution in [0.2, 0.25) is 0 Å². The number of phenols is 1. The molecule has 0 unspecified atom stereocenters. The molecule has 54 heavy (non-hydrogen) atoms. The molecule has 1 spiro atoms. The van der Waals surface area contributed by atoms with Crippen LogP contribution in [0, 0.1) is 5.92 Å². The van der Waals surface area contributed by atoms with Crippen LogP contribution in [0.1, 0.15) is 49.7 Å². The quantitative estimate of drug-likeness (QED) is 0.111. The third-order valence-corrected chi connectivity index (χ3v) is 11.8. The first-order chi connectivity index (χ1) is 26.6. The molecular formula is C40H65NO13. The summed E-state index contributed by atoms with van der Waals surface area (Å²) in [6.07, 6.45) is 6.37. The first-order valence-electron chi connectivity index (χ1n) is 20.3. The Labute approximate surface area is 320 Å². The highest BCUT2D eigenvalue weighted by Gasteiger charge is 2.73. The first kappa shape index (κ1) is 42.0. The summed E-state index contributed by atoms with van der Waals surface area (Å²) in [5, 5.41) is 23.5. The molecule has 2 bridgehead atoms. The second-order valence-corrected chi connectivity index (χ2v) is 15.0. The number of phenolic OH excluding ortho intramolecular Hbond substituents is 1. The average Bonchev–Trinajstić information content (AvgIpc) is 3.51. The molecule has 1 saturated heterocycles. The number of rotatable bonds is 30. The molecule has 5 atom stereocenters. The van der Waals surface area contributed by atoms with Crippen LogP contribution < -0.4 is 4.74 Å². The van der Waals surface area contributed by atoms with E-state index in [-0.39, 0.29) is 24.0 Å². The van der Waals surface area contributed by atoms with Crippen molar-refractivity contribution in [3.05, 3.63) is 23.3 Å². The monoisotopic (exact) mass is 767 g/mol. The fraction of sp³-hybridized carbons (Fsp3) is 0.850. The van der Waals surface area contributed by atoms with Crippen molar-refractivity contribution in [1.82, 2.24) is 4.90 Å². The van der Waals surface area contributed by atoms with Gasteiger partial charge >= 0.3 is 0 Å². The lowest BCUT2D eigenvalue weighted by molar-refractivity contribution is -0.218. The summed E-state index contributed by atoms with van der Waals surface area (Å²) in [6, 6.07) is 3.87. The van der Waals surface area contributed by atoms with Gasteiger partial charge in [-0.2, -0.15) is 0 Å². The molecule has 5 aliphatic rings. The Kier molecular flexibility index (Phi) is 16.9. The van der Waals surface area contributed by atoms with Gasteiger partial charge in [-0.3, -0.25) is 4.90 Å². The van der Waals surface area contributed by atoms with Crippen molar-refractivity contribution in [2.75, 3.05) is 139 Å². The lowest BCUT2D eigenvalue weighted by atomic mass is 9.48. The van der Waals surface area contributed by atoms with Gasteiger partial charge in [0.1, 0.15) is 6.10 Å². The average molecular weight is 768 g/mol. The highest BCUT2D eigenvalue weighted by Crippen LogP contribution is 2.65. The van der Waals surface area contributed by atoms with Gasteiger partial charge in [-0.25, -0.2) is 0 Å². The number of benzene rings is 1. The van der Waals surface area contributed by atoms with Crippen LogP contribution in [0.15, 0.2) is 12.1 Å². The van der Waals surface area contributed by atoms with Crippen LogP contribution in [0.3, 0.4) is 0 Å². The van der Waals surface area contributed by atoms with Crippen LogP contribution >= 0.6 is 0 Å². The molecule has 2 saturated carbocycles. The number of methoxy groups -OCH3 is 1. The van der Waals surface area contributed by atoms with Crippen molar-refractivity contribution in [3.8, 4) is 11.5 Å². The molecular weight excluding hydrogens is 702 g/mol. The minimum atomic E-state index is -0.903. The minimum Gasteiger partial charge on any atom is -0.504 e. The Hall–Kier alpha value is -1.66. The van der Waals surface area contributed by atoms with Gasteiger partial charge in [-0.15, -0.1) is 0 Å². The van der Waals surface area contributed by atoms with Gasteiger partial charge in [0, 0.05) is 25.3 Å². The number of hydrogen-bond donors (Lipinski definition) is 2. The highest BCUT2D eigenvalue weighted by molar-refractivity contribution is 5.62. The predicted molar refractivity (Wildman–Crippen MR) is 198 cm³/mol. The molecule has 0 radical (unpaired) electrons. The van der Waals surface area contributed by atoms with Crippen LogP contribution in [-0.4, -0.2) is 178 Å². The van der Waals surface area contributed by atoms with Gasteiger partial charge < -0.3 is 62.3 Å². The van der Waals surface area contributed by atoms with E-state index in [1.165, 1.54) is 24.8 Å². The standard InChI is InChI=1S/C40H65NO13/c1-44-11-12-45-13-14-46-15-16-47-17-18-48-19-20-49-21-22-50-23-24-51-25-26-52-27-28-53-34-7-8-40(43)35-29-32-5-6-33(42)37-36(32)39(40,38(34)54-37)9-10-41(35)30-31-3-2-4-31/h5-6,31,34-35,38,42-43H,2-4,7-30H2,1H3/t34-,35+,38-,39-,40+/m0/s1. The smallest absolute Gasteiger partial charge is 0.165 e. The molecule has 1 aromatic rings. The van der Waals surface area contributed by atoms with Gasteiger partial charge in [0.05, 0.1) is 136 Å². The molecule has 0 aromatic heterocycles. The van der Waals surface area contributed by atoms with Gasteiger partial charge in [-0.1, -0.05) is 12.5 Å². The number of nitrogens with zero attached hydrogens (tertiary/aromatic N) is 1. The van der Waals surface area contributed by atoms with E-state index in [9.17, 15) is 10.2 Å². The summed E-state index contributed by atoms with van der Waals surface area (Å²) in [7, 11) is 1.65. The summed E-state index contributed by atoms with van der Waals surface area (Å²) >= 11 is 0. The third kappa shape index (κ3) is 10.3. The first-order valence-corrected chi connectivity index (χ1v) is 20.3. The summed E-state index contributed by atoms with van der Waals surface area (Å²) in [5.41, 5.74) is 0.768. The molecule has 2 aliphatic heterocycles. The Morgan fingerprint density at radius 1 is 0.685 bits per heavy atom. The van der Waals surface area contributed by atoms with Crippen LogP contribution in [0.4, 0.5) is 0 Å². The number of ether oxygens (including phenoxy) is 11. The molecule has 14 nitrogen and oxygen atoms in total. The molecule has 3 fully saturated rings. The third-order valence-electron chi connectivity index (χ3n) is 11.8. The van der Waals surface area contributed by atoms with E-state index >= 15 is 0 Å². The van der Waals surface area contributed by atoms with Crippen molar-refractivity contribution in [2.45, 2.75) is 74.2 Å². The van der Waals surface area contributed by atoms with Crippen molar-refractivity contribution >= 4 is 0 Å². The second-order valence-electron chi connectivity index (χ2n) is 15.0. The zero-order valence-electron chi connectivity index (χ0n) is 32.4. The SMILES string of the molecule is COCCOCCOCCOCCOCCOCCOCCOCCOCCO[C@H]1CC[C@@]2(O)[C@H]3Cc4ccc(O)c5c4[C@@]2(CCN3CC2CCC2)[C@H]1O5. The van der Waals surface area contributed by atoms with E-state index in [4.69, 9.17) is 52.1 Å². The van der Waals surface area contributed by atoms with Crippen molar-refractivity contribution in [1.29, 1.82) is 0 Å². The van der Waals surface area contributed by atoms with Crippen LogP contribution in [0.5, 0.6) is 11.5 Å². The van der Waals surface area contributed by atoms with E-state index < -0.39 is 11.0 Å². The largest absolute Gasteiger partial charge is 0.504 e. The highest BCUT2D eigenvalue weighted by atomic mass is 16.6. The topological polar surface area (TPSA) is 145 Å². The second kappa shape index (κ2) is 21.8. The predicted octanol–water partition coefficient (Wildman–Crippen LogP) is 2.51. The fourth-order valence-corrected chi connectivity index (χ4v) is 9.02. The van der Waals surface area contributed by atoms with Gasteiger partial charge in [0.2, 0.25) is 0 Å². The Balaban J connectivity index is 0.756. The Morgan fingerprint density at radius 2 is 1.20 bits per heavy atom. The zero-order valence-corrected chi connectivity index (χ0v) is 32.4. The molecule has 2 heterocycles. The molecule has 6 rings (SSSR count). The van der Waals surface area contributed by atoms with E-state index in [2.05, 4.69) is 4.90 Å². The number of aromatic hydroxyl groups is 1. The summed E-state index contributed by atoms with van der Waals surface area (Å²) in [6.45, 7) is 11.1. The summed E-state index contributed by atoms with van der Waals surface area (Å²) in [5.74, 6) is 1.46. The molecule has 14 heteroatoms. The number of aliphatic hydroxyl groups is 1. The maximum absolute atomic E-state index is 12.6. The zero-order chi connectivity index (χ0) is 37.5. The maximum atomic E-state index is 12.6. The van der Waals surface area contributed by atoms with E-state index in [1.807, 2.05) is 6.07 Å². The van der Waals surface area contributed by atoms with Crippen molar-refractivity contribution in [2.24, 2.45) is 5.92 Å². The van der Waals surface area contributed by atoms with Crippen molar-refractivity contribution < 1.29 is 62.3 Å². The Bertz CT molecular complexity index is 1240. The van der Waals surface area contributed by atoms with Gasteiger partial charge in [0.25, 0.3) is 0 Å². The van der Waals surface area contributed by atoms with E-state index in [0.717, 1.165) is 37.4 Å². The van der Waals surface area contributed by atoms with Crippen LogP contribution in [0.25, 0.3) is 0 Å². The lowest BCUT2D eigenvalue weighted by Crippen LogP contribution is -2.77. The van der Waals surface area contributed by atoms with Crippen molar-refractivity contribution in [3.63, 3.8) is 0 Å². The number of piperidine rings is 1. The molecule has 3 aliphatic carbocycles. The van der Waals surface area contributed by atoms with Gasteiger partial charge in [0.15, 0.2) is 11.5 Å². The summed E-state index contributed by atoms with van der Waals surface area (Å²) in [4.78, 5) is 2.57. The molecule has 0 amide bonds. The normalized spacial score (nSPS) is 27.2. The lowest BCUT2D eigenvalue weighted by Gasteiger charge is -2.64. The van der Waals surface area contributed by atoms with Gasteiger partial charge in [-0.05, 0) is 62.6 Å². The number of likely N-dealkylation sites (tertiary alicyclic amines) is 1. The Morgan fingerprint density at radius 3 is 1.70 bits per heavy atom. The minimum absolute atomic E-state index is 0.0617. The molecule has 2 N–H and O–H groups in total. The van der Waals surface area contributed by atoms with E-state index in [0.29, 0.717) is 138 Å².